The van der Waals surface area contributed by atoms with Gasteiger partial charge in [0.25, 0.3) is 0 Å². The summed E-state index contributed by atoms with van der Waals surface area (Å²) < 4.78 is 11.4. The van der Waals surface area contributed by atoms with Gasteiger partial charge in [0.05, 0.1) is 18.7 Å². The van der Waals surface area contributed by atoms with Crippen molar-refractivity contribution in [2.45, 2.75) is 26.3 Å². The van der Waals surface area contributed by atoms with Crippen LogP contribution in [0, 0.1) is 11.3 Å². The number of thioether (sulfide) groups is 1. The minimum absolute atomic E-state index is 0.253. The van der Waals surface area contributed by atoms with E-state index in [1.54, 1.807) is 4.90 Å². The van der Waals surface area contributed by atoms with E-state index >= 15 is 0 Å². The normalized spacial score (nSPS) is 15.7. The monoisotopic (exact) mass is 527 g/mol. The molecule has 0 bridgehead atoms. The highest BCUT2D eigenvalue weighted by Crippen LogP contribution is 2.39. The maximum Gasteiger partial charge on any atom is 0.410 e. The Hall–Kier alpha value is -3.17. The van der Waals surface area contributed by atoms with E-state index < -0.39 is 0 Å². The maximum absolute atomic E-state index is 13.1. The lowest BCUT2D eigenvalue weighted by Crippen LogP contribution is -2.41. The number of halogens is 1. The van der Waals surface area contributed by atoms with Crippen LogP contribution in [0.1, 0.15) is 36.7 Å². The molecule has 1 atom stereocenters. The molecule has 1 aliphatic rings. The number of nitrogens with zero attached hydrogens (tertiary/aromatic N) is 2. The number of amidine groups is 1. The molecular weight excluding hydrogens is 498 g/mol. The summed E-state index contributed by atoms with van der Waals surface area (Å²) in [6.07, 6.45) is 0.388. The molecule has 0 fully saturated rings. The largest absolute Gasteiger partial charge is 0.492 e. The van der Waals surface area contributed by atoms with Gasteiger partial charge < -0.3 is 25.6 Å². The second-order valence-electron chi connectivity index (χ2n) is 8.90. The summed E-state index contributed by atoms with van der Waals surface area (Å²) >= 11 is 7.35. The predicted molar refractivity (Wildman–Crippen MR) is 147 cm³/mol. The number of aromatic nitrogens is 1. The second kappa shape index (κ2) is 11.7. The van der Waals surface area contributed by atoms with Gasteiger partial charge in [0.15, 0.2) is 5.17 Å². The van der Waals surface area contributed by atoms with E-state index in [9.17, 15) is 4.79 Å². The van der Waals surface area contributed by atoms with Crippen molar-refractivity contribution in [3.63, 3.8) is 0 Å². The zero-order valence-corrected chi connectivity index (χ0v) is 21.9. The van der Waals surface area contributed by atoms with Crippen LogP contribution in [-0.2, 0) is 11.2 Å². The molecule has 4 rings (SSSR count). The molecule has 0 radical (unpaired) electrons. The fourth-order valence-electron chi connectivity index (χ4n) is 4.29. The van der Waals surface area contributed by atoms with Crippen LogP contribution in [0.5, 0.6) is 5.75 Å². The zero-order chi connectivity index (χ0) is 25.7. The number of carbonyl (C=O) groups excluding carboxylic acids is 1. The van der Waals surface area contributed by atoms with Crippen molar-refractivity contribution in [1.29, 1.82) is 5.41 Å². The van der Waals surface area contributed by atoms with Gasteiger partial charge in [-0.1, -0.05) is 37.6 Å². The average Bonchev–Trinajstić information content (AvgIpc) is 3.23. The molecular formula is C26H30ClN5O3S. The minimum Gasteiger partial charge on any atom is -0.492 e. The highest BCUT2D eigenvalue weighted by atomic mass is 35.5. The lowest BCUT2D eigenvalue weighted by atomic mass is 9.92. The third kappa shape index (κ3) is 5.96. The Morgan fingerprint density at radius 1 is 1.33 bits per heavy atom. The Balaban J connectivity index is 1.59. The summed E-state index contributed by atoms with van der Waals surface area (Å²) in [5.41, 5.74) is 10.9. The summed E-state index contributed by atoms with van der Waals surface area (Å²) in [5.74, 6) is 0.948. The van der Waals surface area contributed by atoms with Crippen LogP contribution in [0.25, 0.3) is 10.9 Å². The maximum atomic E-state index is 13.1. The topological polar surface area (TPSA) is 117 Å². The molecule has 0 saturated heterocycles. The molecule has 1 unspecified atom stereocenters. The summed E-state index contributed by atoms with van der Waals surface area (Å²) in [6.45, 7) is 5.71. The van der Waals surface area contributed by atoms with E-state index in [2.05, 4.69) is 9.98 Å². The van der Waals surface area contributed by atoms with Crippen LogP contribution in [0.3, 0.4) is 0 Å². The summed E-state index contributed by atoms with van der Waals surface area (Å²) in [4.78, 5) is 22.6. The molecule has 8 nitrogen and oxygen atoms in total. The van der Waals surface area contributed by atoms with E-state index in [0.29, 0.717) is 48.7 Å². The van der Waals surface area contributed by atoms with E-state index in [1.165, 1.54) is 5.56 Å². The van der Waals surface area contributed by atoms with Crippen LogP contribution < -0.4 is 10.5 Å². The number of H-pyrrole nitrogens is 1. The fraction of sp³-hybridized carbons (Fsp3) is 0.346. The van der Waals surface area contributed by atoms with Crippen LogP contribution >= 0.6 is 23.4 Å². The number of carbonyl (C=O) groups is 1. The van der Waals surface area contributed by atoms with Gasteiger partial charge in [-0.15, -0.1) is 0 Å². The van der Waals surface area contributed by atoms with Crippen molar-refractivity contribution in [3.8, 4) is 5.75 Å². The summed E-state index contributed by atoms with van der Waals surface area (Å²) in [7, 11) is 0. The third-order valence-electron chi connectivity index (χ3n) is 5.87. The number of fused-ring (bicyclic) bond motifs is 3. The average molecular weight is 528 g/mol. The smallest absolute Gasteiger partial charge is 0.410 e. The number of amides is 1. The Bertz CT molecular complexity index is 1260. The van der Waals surface area contributed by atoms with Crippen molar-refractivity contribution >= 4 is 51.1 Å². The van der Waals surface area contributed by atoms with Crippen molar-refractivity contribution in [1.82, 2.24) is 9.88 Å². The van der Waals surface area contributed by atoms with Crippen molar-refractivity contribution in [2.24, 2.45) is 16.6 Å². The first kappa shape index (κ1) is 25.9. The third-order valence-corrected chi connectivity index (χ3v) is 6.59. The first-order valence-electron chi connectivity index (χ1n) is 11.8. The number of nitrogens with two attached hydrogens (primary N) is 1. The first-order valence-corrected chi connectivity index (χ1v) is 13.0. The van der Waals surface area contributed by atoms with Gasteiger partial charge in [0.2, 0.25) is 0 Å². The predicted octanol–water partition coefficient (Wildman–Crippen LogP) is 5.60. The summed E-state index contributed by atoms with van der Waals surface area (Å²) in [5, 5.41) is 9.13. The second-order valence-corrected chi connectivity index (χ2v) is 10.2. The van der Waals surface area contributed by atoms with E-state index in [4.69, 9.17) is 32.2 Å². The van der Waals surface area contributed by atoms with Gasteiger partial charge in [-0.3, -0.25) is 9.89 Å². The molecule has 2 aromatic carbocycles. The van der Waals surface area contributed by atoms with Crippen LogP contribution in [0.15, 0.2) is 47.5 Å². The molecule has 0 saturated carbocycles. The van der Waals surface area contributed by atoms with Crippen LogP contribution in [0.4, 0.5) is 4.79 Å². The van der Waals surface area contributed by atoms with Crippen LogP contribution in [-0.4, -0.2) is 53.0 Å². The minimum atomic E-state index is -0.324. The number of benzene rings is 2. The van der Waals surface area contributed by atoms with E-state index in [0.717, 1.165) is 39.5 Å². The number of aliphatic imine (C=N–C) groups is 1. The molecule has 3 aromatic rings. The first-order chi connectivity index (χ1) is 17.4. The Morgan fingerprint density at radius 3 is 2.83 bits per heavy atom. The molecule has 1 amide bonds. The number of hydrogen-bond donors (Lipinski definition) is 3. The highest BCUT2D eigenvalue weighted by Gasteiger charge is 2.35. The van der Waals surface area contributed by atoms with E-state index in [-0.39, 0.29) is 18.1 Å². The van der Waals surface area contributed by atoms with Crippen molar-refractivity contribution in [3.05, 3.63) is 64.3 Å². The standard InChI is InChI=1S/C26H30ClN5O3S/c1-16(2)14-35-26(33)32-11-9-20-21-13-18(27)5-8-22(21)31-23(20)24(32)17-3-6-19(7-4-17)34-12-10-30-25(29)36-15-28/h3-8,13,15-16,24,28,31H,9-12,14H2,1-2H3,(H2,29,30). The molecule has 1 aromatic heterocycles. The Morgan fingerprint density at radius 2 is 2.11 bits per heavy atom. The molecule has 0 spiro atoms. The van der Waals surface area contributed by atoms with Crippen LogP contribution in [0.2, 0.25) is 5.02 Å². The molecule has 4 N–H and O–H groups in total. The molecule has 190 valence electrons. The number of rotatable bonds is 8. The number of nitrogens with one attached hydrogen (secondary N) is 2. The molecule has 36 heavy (non-hydrogen) atoms. The number of ether oxygens (including phenoxy) is 2. The molecule has 2 heterocycles. The zero-order valence-electron chi connectivity index (χ0n) is 20.3. The molecule has 1 aliphatic heterocycles. The lowest BCUT2D eigenvalue weighted by molar-refractivity contribution is 0.0797. The van der Waals surface area contributed by atoms with Gasteiger partial charge in [0.1, 0.15) is 18.4 Å². The number of hydrogen-bond acceptors (Lipinski definition) is 6. The van der Waals surface area contributed by atoms with Gasteiger partial charge in [-0.2, -0.15) is 0 Å². The number of aromatic amines is 1. The SMILES string of the molecule is CC(C)COC(=O)N1CCc2c([nH]c3ccc(Cl)cc23)C1c1ccc(OCCN=C(N)SC=N)cc1. The Labute approximate surface area is 219 Å². The molecule has 10 heteroatoms. The van der Waals surface area contributed by atoms with Crippen molar-refractivity contribution < 1.29 is 14.3 Å². The fourth-order valence-corrected chi connectivity index (χ4v) is 4.75. The van der Waals surface area contributed by atoms with Gasteiger partial charge in [0, 0.05) is 28.2 Å². The van der Waals surface area contributed by atoms with E-state index in [1.807, 2.05) is 56.3 Å². The highest BCUT2D eigenvalue weighted by molar-refractivity contribution is 8.24. The summed E-state index contributed by atoms with van der Waals surface area (Å²) in [6, 6.07) is 13.2. The van der Waals surface area contributed by atoms with Gasteiger partial charge in [-0.25, -0.2) is 4.79 Å². The molecule has 0 aliphatic carbocycles. The quantitative estimate of drug-likeness (QED) is 0.200. The van der Waals surface area contributed by atoms with Crippen molar-refractivity contribution in [2.75, 3.05) is 26.3 Å². The lowest BCUT2D eigenvalue weighted by Gasteiger charge is -2.35. The van der Waals surface area contributed by atoms with Gasteiger partial charge in [-0.05, 0) is 65.6 Å². The van der Waals surface area contributed by atoms with Gasteiger partial charge >= 0.3 is 6.09 Å². The Kier molecular flexibility index (Phi) is 8.43.